The minimum absolute atomic E-state index is 0.0900. The normalized spacial score (nSPS) is 12.4. The standard InChI is InChI=1S/C69H76N2/c1-7-9-11-13-15-17-47-69(48-18-16-14-12-10-8-2)67-46-32-58(50-66(67)65-45-25-54(6)49-68(65)69)57-30-43-64(44-31-57)71(61-37-23-53(5)24-38-61)63-41-28-56(29-42-63)55-26-39-62(40-27-55)70(59-33-19-51(3)20-34-59)60-35-21-52(4)22-36-60/h19-46,49-50H,7-18,47-48H2,1-6H3. The average Bonchev–Trinajstić information content (AvgIpc) is 3.66. The maximum Gasteiger partial charge on any atom is 0.0462 e. The summed E-state index contributed by atoms with van der Waals surface area (Å²) in [6.07, 6.45) is 18.5. The van der Waals surface area contributed by atoms with Crippen LogP contribution in [0.1, 0.15) is 137 Å². The maximum absolute atomic E-state index is 2.55. The molecule has 9 rings (SSSR count). The third kappa shape index (κ3) is 11.3. The van der Waals surface area contributed by atoms with E-state index in [0.717, 1.165) is 34.1 Å². The second-order valence-electron chi connectivity index (χ2n) is 20.7. The molecule has 0 unspecified atom stereocenters. The van der Waals surface area contributed by atoms with Gasteiger partial charge in [-0.3, -0.25) is 0 Å². The highest BCUT2D eigenvalue weighted by Crippen LogP contribution is 2.55. The van der Waals surface area contributed by atoms with Crippen LogP contribution < -0.4 is 9.80 Å². The van der Waals surface area contributed by atoms with Crippen molar-refractivity contribution in [2.45, 2.75) is 137 Å². The fourth-order valence-corrected chi connectivity index (χ4v) is 11.3. The predicted octanol–water partition coefficient (Wildman–Crippen LogP) is 21.0. The third-order valence-electron chi connectivity index (χ3n) is 15.3. The number of hydrogen-bond acceptors (Lipinski definition) is 2. The summed E-state index contributed by atoms with van der Waals surface area (Å²) in [5.74, 6) is 0. The van der Waals surface area contributed by atoms with E-state index >= 15 is 0 Å². The van der Waals surface area contributed by atoms with Gasteiger partial charge in [0.05, 0.1) is 0 Å². The molecule has 0 spiro atoms. The smallest absolute Gasteiger partial charge is 0.0462 e. The largest absolute Gasteiger partial charge is 0.311 e. The van der Waals surface area contributed by atoms with Crippen molar-refractivity contribution < 1.29 is 0 Å². The molecule has 0 bridgehead atoms. The van der Waals surface area contributed by atoms with Crippen LogP contribution in [0, 0.1) is 27.7 Å². The van der Waals surface area contributed by atoms with Gasteiger partial charge < -0.3 is 9.80 Å². The van der Waals surface area contributed by atoms with Gasteiger partial charge in [-0.15, -0.1) is 0 Å². The summed E-state index contributed by atoms with van der Waals surface area (Å²) < 4.78 is 0. The molecule has 0 radical (unpaired) electrons. The molecule has 1 aliphatic rings. The Morgan fingerprint density at radius 1 is 0.282 bits per heavy atom. The van der Waals surface area contributed by atoms with Crippen LogP contribution in [0.3, 0.4) is 0 Å². The van der Waals surface area contributed by atoms with Gasteiger partial charge >= 0.3 is 0 Å². The zero-order valence-electron chi connectivity index (χ0n) is 43.6. The molecule has 1 aliphatic carbocycles. The molecule has 0 atom stereocenters. The van der Waals surface area contributed by atoms with Crippen molar-refractivity contribution in [1.82, 2.24) is 0 Å². The van der Waals surface area contributed by atoms with Gasteiger partial charge in [0.1, 0.15) is 0 Å². The zero-order valence-corrected chi connectivity index (χ0v) is 43.6. The Bertz CT molecular complexity index is 2880. The fraction of sp³-hybridized carbons (Fsp3) is 0.304. The van der Waals surface area contributed by atoms with Crippen molar-refractivity contribution in [3.63, 3.8) is 0 Å². The Labute approximate surface area is 427 Å². The Morgan fingerprint density at radius 2 is 0.606 bits per heavy atom. The molecule has 71 heavy (non-hydrogen) atoms. The Hall–Kier alpha value is -6.64. The Balaban J connectivity index is 0.989. The van der Waals surface area contributed by atoms with E-state index in [-0.39, 0.29) is 5.41 Å². The van der Waals surface area contributed by atoms with E-state index in [0.29, 0.717) is 0 Å². The van der Waals surface area contributed by atoms with Crippen molar-refractivity contribution in [3.05, 3.63) is 215 Å². The SMILES string of the molecule is CCCCCCCCC1(CCCCCCCC)c2ccc(-c3ccc(N(c4ccc(C)cc4)c4ccc(-c5ccc(N(c6ccc(C)cc6)c6ccc(C)cc6)cc5)cc4)cc3)cc2-c2ccc(C)cc21. The Morgan fingerprint density at radius 3 is 1.00 bits per heavy atom. The zero-order chi connectivity index (χ0) is 49.2. The van der Waals surface area contributed by atoms with Crippen LogP contribution in [-0.2, 0) is 5.41 Å². The minimum Gasteiger partial charge on any atom is -0.311 e. The van der Waals surface area contributed by atoms with E-state index in [2.05, 4.69) is 233 Å². The molecule has 0 N–H and O–H groups in total. The average molecular weight is 933 g/mol. The van der Waals surface area contributed by atoms with Gasteiger partial charge in [0.25, 0.3) is 0 Å². The minimum atomic E-state index is 0.0900. The lowest BCUT2D eigenvalue weighted by Gasteiger charge is -2.33. The van der Waals surface area contributed by atoms with E-state index in [9.17, 15) is 0 Å². The van der Waals surface area contributed by atoms with Crippen LogP contribution in [0.2, 0.25) is 0 Å². The van der Waals surface area contributed by atoms with Crippen molar-refractivity contribution in [3.8, 4) is 33.4 Å². The van der Waals surface area contributed by atoms with Crippen LogP contribution >= 0.6 is 0 Å². The lowest BCUT2D eigenvalue weighted by atomic mass is 9.70. The quantitative estimate of drug-likeness (QED) is 0.0625. The second kappa shape index (κ2) is 23.1. The molecule has 8 aromatic rings. The first-order valence-corrected chi connectivity index (χ1v) is 27.1. The number of anilines is 6. The number of hydrogen-bond donors (Lipinski definition) is 0. The van der Waals surface area contributed by atoms with E-state index < -0.39 is 0 Å². The van der Waals surface area contributed by atoms with Gasteiger partial charge in [-0.2, -0.15) is 0 Å². The van der Waals surface area contributed by atoms with Crippen molar-refractivity contribution in [2.24, 2.45) is 0 Å². The molecule has 0 fully saturated rings. The molecule has 2 heteroatoms. The van der Waals surface area contributed by atoms with Crippen LogP contribution in [0.4, 0.5) is 34.1 Å². The molecule has 0 aliphatic heterocycles. The van der Waals surface area contributed by atoms with Gasteiger partial charge in [-0.05, 0) is 164 Å². The van der Waals surface area contributed by atoms with E-state index in [1.165, 1.54) is 146 Å². The monoisotopic (exact) mass is 933 g/mol. The van der Waals surface area contributed by atoms with E-state index in [4.69, 9.17) is 0 Å². The number of rotatable bonds is 22. The van der Waals surface area contributed by atoms with Crippen molar-refractivity contribution >= 4 is 34.1 Å². The van der Waals surface area contributed by atoms with E-state index in [1.54, 1.807) is 11.1 Å². The van der Waals surface area contributed by atoms with Gasteiger partial charge in [0.15, 0.2) is 0 Å². The summed E-state index contributed by atoms with van der Waals surface area (Å²) in [6.45, 7) is 13.4. The highest BCUT2D eigenvalue weighted by Gasteiger charge is 2.42. The van der Waals surface area contributed by atoms with Crippen LogP contribution in [0.5, 0.6) is 0 Å². The molecular formula is C69H76N2. The number of unbranched alkanes of at least 4 members (excludes halogenated alkanes) is 10. The first-order chi connectivity index (χ1) is 34.7. The molecule has 0 heterocycles. The molecule has 0 amide bonds. The molecule has 362 valence electrons. The lowest BCUT2D eigenvalue weighted by molar-refractivity contribution is 0.397. The lowest BCUT2D eigenvalue weighted by Crippen LogP contribution is -2.25. The van der Waals surface area contributed by atoms with Gasteiger partial charge in [-0.25, -0.2) is 0 Å². The third-order valence-corrected chi connectivity index (χ3v) is 15.3. The van der Waals surface area contributed by atoms with Gasteiger partial charge in [0, 0.05) is 39.5 Å². The number of benzene rings is 8. The van der Waals surface area contributed by atoms with Crippen LogP contribution in [-0.4, -0.2) is 0 Å². The number of nitrogens with zero attached hydrogens (tertiary/aromatic N) is 2. The summed E-state index contributed by atoms with van der Waals surface area (Å²) >= 11 is 0. The van der Waals surface area contributed by atoms with E-state index in [1.807, 2.05) is 0 Å². The summed E-state index contributed by atoms with van der Waals surface area (Å²) in [5, 5.41) is 0. The molecule has 0 saturated carbocycles. The molecule has 0 aromatic heterocycles. The van der Waals surface area contributed by atoms with Gasteiger partial charge in [0.2, 0.25) is 0 Å². The number of fused-ring (bicyclic) bond motifs is 3. The number of aryl methyl sites for hydroxylation is 4. The highest BCUT2D eigenvalue weighted by molar-refractivity contribution is 5.86. The summed E-state index contributed by atoms with van der Waals surface area (Å²) in [4.78, 5) is 4.72. The predicted molar refractivity (Wildman–Crippen MR) is 308 cm³/mol. The molecule has 0 saturated heterocycles. The Kier molecular flexibility index (Phi) is 16.0. The van der Waals surface area contributed by atoms with Crippen molar-refractivity contribution in [2.75, 3.05) is 9.80 Å². The summed E-state index contributed by atoms with van der Waals surface area (Å²) in [6, 6.07) is 68.6. The van der Waals surface area contributed by atoms with Gasteiger partial charge in [-0.1, -0.05) is 216 Å². The maximum atomic E-state index is 2.55. The van der Waals surface area contributed by atoms with Crippen LogP contribution in [0.25, 0.3) is 33.4 Å². The first kappa shape index (κ1) is 49.3. The molecular weight excluding hydrogens is 857 g/mol. The first-order valence-electron chi connectivity index (χ1n) is 27.1. The topological polar surface area (TPSA) is 6.48 Å². The summed E-state index contributed by atoms with van der Waals surface area (Å²) in [5.41, 5.74) is 23.0. The molecule has 8 aromatic carbocycles. The van der Waals surface area contributed by atoms with Crippen LogP contribution in [0.15, 0.2) is 182 Å². The fourth-order valence-electron chi connectivity index (χ4n) is 11.3. The summed E-state index contributed by atoms with van der Waals surface area (Å²) in [7, 11) is 0. The highest BCUT2D eigenvalue weighted by atomic mass is 15.1. The molecule has 2 nitrogen and oxygen atoms in total. The second-order valence-corrected chi connectivity index (χ2v) is 20.7. The van der Waals surface area contributed by atoms with Crippen molar-refractivity contribution in [1.29, 1.82) is 0 Å².